The van der Waals surface area contributed by atoms with E-state index in [1.165, 1.54) is 0 Å². The second-order valence-electron chi connectivity index (χ2n) is 5.76. The summed E-state index contributed by atoms with van der Waals surface area (Å²) in [5, 5.41) is 14.6. The molecule has 2 aliphatic rings. The van der Waals surface area contributed by atoms with Crippen LogP contribution in [0.5, 0.6) is 0 Å². The Bertz CT molecular complexity index is 764. The number of esters is 2. The first-order chi connectivity index (χ1) is 11.9. The highest BCUT2D eigenvalue weighted by Gasteiger charge is 2.59. The Morgan fingerprint density at radius 1 is 1.08 bits per heavy atom. The van der Waals surface area contributed by atoms with E-state index in [0.717, 1.165) is 12.4 Å². The van der Waals surface area contributed by atoms with Gasteiger partial charge in [-0.3, -0.25) is 0 Å². The van der Waals surface area contributed by atoms with Crippen molar-refractivity contribution in [1.82, 2.24) is 5.10 Å². The van der Waals surface area contributed by atoms with Crippen LogP contribution in [0.3, 0.4) is 0 Å². The SMILES string of the molecule is O=C(OC1[C@@H]2C[C@H](OC(=O)C(F)(F)F)[C@H]1c1cn[n+]([O-])cc12)C(F)(F)F. The maximum Gasteiger partial charge on any atom is 0.490 e. The van der Waals surface area contributed by atoms with Crippen LogP contribution in [0.15, 0.2) is 12.4 Å². The van der Waals surface area contributed by atoms with Crippen LogP contribution < -0.4 is 4.85 Å². The molecule has 1 fully saturated rings. The highest BCUT2D eigenvalue weighted by atomic mass is 19.4. The van der Waals surface area contributed by atoms with Gasteiger partial charge in [0.2, 0.25) is 6.20 Å². The molecule has 2 bridgehead atoms. The predicted octanol–water partition coefficient (Wildman–Crippen LogP) is 1.25. The van der Waals surface area contributed by atoms with Gasteiger partial charge in [-0.05, 0) is 12.0 Å². The Hall–Kier alpha value is -2.60. The van der Waals surface area contributed by atoms with Crippen molar-refractivity contribution >= 4 is 11.9 Å². The first kappa shape index (κ1) is 18.2. The molecule has 0 saturated heterocycles. The molecular formula is C13H8F6N2O5. The summed E-state index contributed by atoms with van der Waals surface area (Å²) in [7, 11) is 0. The molecule has 0 aliphatic heterocycles. The molecule has 0 radical (unpaired) electrons. The van der Waals surface area contributed by atoms with Gasteiger partial charge >= 0.3 is 24.3 Å². The summed E-state index contributed by atoms with van der Waals surface area (Å²) >= 11 is 0. The van der Waals surface area contributed by atoms with Crippen molar-refractivity contribution in [1.29, 1.82) is 0 Å². The first-order valence-corrected chi connectivity index (χ1v) is 7.04. The van der Waals surface area contributed by atoms with Crippen molar-refractivity contribution in [2.45, 2.75) is 42.8 Å². The molecule has 2 aliphatic carbocycles. The van der Waals surface area contributed by atoms with Gasteiger partial charge in [0.1, 0.15) is 18.4 Å². The van der Waals surface area contributed by atoms with Crippen LogP contribution in [-0.4, -0.2) is 41.6 Å². The van der Waals surface area contributed by atoms with Gasteiger partial charge in [-0.25, -0.2) is 9.59 Å². The summed E-state index contributed by atoms with van der Waals surface area (Å²) in [5.41, 5.74) is 0.271. The van der Waals surface area contributed by atoms with E-state index in [-0.39, 0.29) is 22.4 Å². The molecule has 26 heavy (non-hydrogen) atoms. The second-order valence-corrected chi connectivity index (χ2v) is 5.76. The fraction of sp³-hybridized carbons (Fsp3) is 0.538. The predicted molar refractivity (Wildman–Crippen MR) is 65.2 cm³/mol. The van der Waals surface area contributed by atoms with Gasteiger partial charge in [-0.1, -0.05) is 4.85 Å². The summed E-state index contributed by atoms with van der Waals surface area (Å²) in [6, 6.07) is 0. The highest BCUT2D eigenvalue weighted by Crippen LogP contribution is 2.55. The number of hydrogen-bond donors (Lipinski definition) is 0. The third-order valence-electron chi connectivity index (χ3n) is 4.25. The molecule has 0 spiro atoms. The van der Waals surface area contributed by atoms with E-state index in [2.05, 4.69) is 14.6 Å². The smallest absolute Gasteiger partial charge is 0.490 e. The zero-order valence-electron chi connectivity index (χ0n) is 12.4. The van der Waals surface area contributed by atoms with Gasteiger partial charge in [0.05, 0.1) is 5.92 Å². The van der Waals surface area contributed by atoms with E-state index in [1.54, 1.807) is 0 Å². The molecule has 1 unspecified atom stereocenters. The average molecular weight is 386 g/mol. The third kappa shape index (κ3) is 3.01. The summed E-state index contributed by atoms with van der Waals surface area (Å²) in [5.74, 6) is -7.37. The van der Waals surface area contributed by atoms with Crippen molar-refractivity contribution in [3.8, 4) is 0 Å². The zero-order chi connectivity index (χ0) is 19.4. The lowest BCUT2D eigenvalue weighted by Gasteiger charge is -2.24. The van der Waals surface area contributed by atoms with Gasteiger partial charge in [-0.15, -0.1) is 0 Å². The molecule has 7 nitrogen and oxygen atoms in total. The second kappa shape index (κ2) is 5.71. The molecular weight excluding hydrogens is 378 g/mol. The van der Waals surface area contributed by atoms with Gasteiger partial charge in [0, 0.05) is 16.6 Å². The molecule has 1 saturated carbocycles. The quantitative estimate of drug-likeness (QED) is 0.329. The van der Waals surface area contributed by atoms with Crippen LogP contribution in [0.25, 0.3) is 0 Å². The molecule has 3 rings (SSSR count). The van der Waals surface area contributed by atoms with Gasteiger partial charge < -0.3 is 14.7 Å². The van der Waals surface area contributed by atoms with E-state index in [4.69, 9.17) is 0 Å². The molecule has 0 N–H and O–H groups in total. The Kier molecular flexibility index (Phi) is 3.99. The number of ether oxygens (including phenoxy) is 2. The van der Waals surface area contributed by atoms with E-state index in [0.29, 0.717) is 0 Å². The Balaban J connectivity index is 1.90. The number of halogens is 6. The maximum absolute atomic E-state index is 12.5. The highest BCUT2D eigenvalue weighted by molar-refractivity contribution is 5.77. The Morgan fingerprint density at radius 2 is 1.65 bits per heavy atom. The average Bonchev–Trinajstić information content (AvgIpc) is 2.97. The summed E-state index contributed by atoms with van der Waals surface area (Å²) < 4.78 is 83.3. The number of rotatable bonds is 2. The lowest BCUT2D eigenvalue weighted by Crippen LogP contribution is -2.36. The van der Waals surface area contributed by atoms with E-state index in [1.807, 2.05) is 0 Å². The third-order valence-corrected chi connectivity index (χ3v) is 4.25. The lowest BCUT2D eigenvalue weighted by atomic mass is 9.92. The number of fused-ring (bicyclic) bond motifs is 5. The Morgan fingerprint density at radius 3 is 2.23 bits per heavy atom. The summed E-state index contributed by atoms with van der Waals surface area (Å²) in [6.45, 7) is 0. The molecule has 1 aromatic heterocycles. The number of alkyl halides is 6. The molecule has 142 valence electrons. The maximum atomic E-state index is 12.5. The summed E-state index contributed by atoms with van der Waals surface area (Å²) in [6.07, 6.45) is -12.1. The molecule has 4 atom stereocenters. The van der Waals surface area contributed by atoms with E-state index in [9.17, 15) is 41.1 Å². The lowest BCUT2D eigenvalue weighted by molar-refractivity contribution is -0.669. The van der Waals surface area contributed by atoms with E-state index >= 15 is 0 Å². The minimum atomic E-state index is -5.32. The number of nitrogens with zero attached hydrogens (tertiary/aromatic N) is 2. The molecule has 1 aromatic rings. The molecule has 1 heterocycles. The van der Waals surface area contributed by atoms with Crippen LogP contribution in [0, 0.1) is 5.21 Å². The van der Waals surface area contributed by atoms with Crippen LogP contribution >= 0.6 is 0 Å². The van der Waals surface area contributed by atoms with Crippen LogP contribution in [-0.2, 0) is 19.1 Å². The number of aromatic nitrogens is 2. The van der Waals surface area contributed by atoms with Gasteiger partial charge in [0.15, 0.2) is 0 Å². The van der Waals surface area contributed by atoms with Crippen molar-refractivity contribution in [3.05, 3.63) is 28.7 Å². The number of carbonyl (C=O) groups is 2. The first-order valence-electron chi connectivity index (χ1n) is 7.04. The fourth-order valence-electron chi connectivity index (χ4n) is 3.35. The monoisotopic (exact) mass is 386 g/mol. The summed E-state index contributed by atoms with van der Waals surface area (Å²) in [4.78, 5) is 22.3. The normalized spacial score (nSPS) is 27.2. The van der Waals surface area contributed by atoms with Crippen molar-refractivity contribution in [2.75, 3.05) is 0 Å². The van der Waals surface area contributed by atoms with E-state index < -0.39 is 48.3 Å². The topological polar surface area (TPSA) is 92.4 Å². The largest absolute Gasteiger partial charge is 0.594 e. The van der Waals surface area contributed by atoms with Crippen LogP contribution in [0.2, 0.25) is 0 Å². The fourth-order valence-corrected chi connectivity index (χ4v) is 3.35. The van der Waals surface area contributed by atoms with Crippen LogP contribution in [0.4, 0.5) is 26.3 Å². The standard InChI is InChI=1S/C13H8F6N2O5/c14-12(15,16)10(22)25-7-1-4-6-3-21(24)20-2-5(6)8(7)9(4)26-11(23)13(17,18)19/h2-4,7-9H,1H2/t4-,7+,8-,9?/m1/s1. The minimum Gasteiger partial charge on any atom is -0.594 e. The zero-order valence-corrected chi connectivity index (χ0v) is 12.4. The van der Waals surface area contributed by atoms with Gasteiger partial charge in [-0.2, -0.15) is 26.3 Å². The molecule has 0 amide bonds. The van der Waals surface area contributed by atoms with Crippen molar-refractivity contribution in [2.24, 2.45) is 0 Å². The minimum absolute atomic E-state index is 0.0910. The number of carbonyl (C=O) groups excluding carboxylic acids is 2. The molecule has 0 aromatic carbocycles. The molecule has 13 heteroatoms. The van der Waals surface area contributed by atoms with Gasteiger partial charge in [0.25, 0.3) is 0 Å². The van der Waals surface area contributed by atoms with Crippen molar-refractivity contribution in [3.63, 3.8) is 0 Å². The van der Waals surface area contributed by atoms with Crippen molar-refractivity contribution < 1.29 is 50.3 Å². The number of hydrogen-bond acceptors (Lipinski definition) is 6. The Labute approximate surface area is 140 Å². The van der Waals surface area contributed by atoms with Crippen LogP contribution in [0.1, 0.15) is 29.4 Å².